The summed E-state index contributed by atoms with van der Waals surface area (Å²) in [4.78, 5) is 66.5. The Morgan fingerprint density at radius 2 is 1.61 bits per heavy atom. The predicted octanol–water partition coefficient (Wildman–Crippen LogP) is 8.22. The van der Waals surface area contributed by atoms with Crippen molar-refractivity contribution in [2.75, 3.05) is 24.6 Å². The van der Waals surface area contributed by atoms with Crippen LogP contribution < -0.4 is 15.2 Å². The van der Waals surface area contributed by atoms with Crippen LogP contribution in [-0.4, -0.2) is 62.9 Å². The zero-order valence-corrected chi connectivity index (χ0v) is 33.6. The molecule has 318 valence electrons. The Hall–Kier alpha value is -5.59. The normalized spacial score (nSPS) is 25.0. The molecule has 21 heteroatoms. The Morgan fingerprint density at radius 1 is 0.902 bits per heavy atom. The third-order valence-corrected chi connectivity index (χ3v) is 12.7. The number of amides is 4. The third-order valence-electron chi connectivity index (χ3n) is 11.8. The second-order valence-corrected chi connectivity index (χ2v) is 16.1. The van der Waals surface area contributed by atoms with Crippen molar-refractivity contribution in [1.82, 2.24) is 20.0 Å². The van der Waals surface area contributed by atoms with Crippen molar-refractivity contribution in [2.24, 2.45) is 23.7 Å². The molecular weight excluding hydrogens is 881 g/mol. The first kappa shape index (κ1) is 42.1. The van der Waals surface area contributed by atoms with Crippen LogP contribution >= 0.6 is 34.8 Å². The monoisotopic (exact) mass is 908 g/mol. The average molecular weight is 910 g/mol. The number of benzene rings is 2. The van der Waals surface area contributed by atoms with E-state index in [1.807, 2.05) is 0 Å². The van der Waals surface area contributed by atoms with Gasteiger partial charge in [0.05, 0.1) is 45.9 Å². The van der Waals surface area contributed by atoms with Gasteiger partial charge in [0, 0.05) is 29.7 Å². The maximum Gasteiger partial charge on any atom is 0.433 e. The molecule has 4 aromatic rings. The SMILES string of the molecule is COc1cccc(C2C3=CCC4C(=O)N(N(C)c5nc(C(F)(F)F)ccc5Cl)C(=O)C4C3CC3C(=O)N(Nc4ncc(C(F)(F)F)cc4Cl)C(=O)C32c2ccc(Cl)cc2)c1O. The fourth-order valence-electron chi connectivity index (χ4n) is 9.25. The molecule has 61 heavy (non-hydrogen) atoms. The molecule has 4 heterocycles. The Balaban J connectivity index is 1.29. The van der Waals surface area contributed by atoms with Gasteiger partial charge >= 0.3 is 12.4 Å². The zero-order valence-electron chi connectivity index (χ0n) is 31.4. The molecule has 2 aromatic carbocycles. The number of nitrogens with one attached hydrogen (secondary N) is 1. The number of para-hydroxylation sites is 1. The highest BCUT2D eigenvalue weighted by Crippen LogP contribution is 2.65. The van der Waals surface area contributed by atoms with Crippen LogP contribution in [0.5, 0.6) is 11.5 Å². The summed E-state index contributed by atoms with van der Waals surface area (Å²) < 4.78 is 87.2. The maximum absolute atomic E-state index is 15.4. The molecule has 6 atom stereocenters. The van der Waals surface area contributed by atoms with Crippen molar-refractivity contribution in [1.29, 1.82) is 0 Å². The highest BCUT2D eigenvalue weighted by Gasteiger charge is 2.71. The van der Waals surface area contributed by atoms with E-state index in [0.717, 1.165) is 18.1 Å². The van der Waals surface area contributed by atoms with Crippen molar-refractivity contribution in [3.8, 4) is 11.5 Å². The van der Waals surface area contributed by atoms with E-state index in [0.29, 0.717) is 33.9 Å². The quantitative estimate of drug-likeness (QED) is 0.106. The number of hydrogen-bond acceptors (Lipinski definition) is 10. The van der Waals surface area contributed by atoms with E-state index in [2.05, 4.69) is 15.4 Å². The van der Waals surface area contributed by atoms with Gasteiger partial charge in [-0.05, 0) is 60.7 Å². The number of nitrogens with zero attached hydrogens (tertiary/aromatic N) is 5. The minimum absolute atomic E-state index is 0.0189. The number of anilines is 2. The van der Waals surface area contributed by atoms with E-state index in [9.17, 15) is 45.8 Å². The minimum Gasteiger partial charge on any atom is -0.504 e. The van der Waals surface area contributed by atoms with Crippen LogP contribution in [0.1, 0.15) is 41.1 Å². The number of aromatic hydroxyl groups is 1. The fourth-order valence-corrected chi connectivity index (χ4v) is 9.82. The topological polar surface area (TPSA) is 145 Å². The number of hydrogen-bond donors (Lipinski definition) is 2. The molecular formula is C40H29Cl3F6N6O6. The number of methoxy groups -OCH3 is 1. The molecule has 4 amide bonds. The molecule has 6 unspecified atom stereocenters. The lowest BCUT2D eigenvalue weighted by Gasteiger charge is -2.50. The molecule has 0 radical (unpaired) electrons. The van der Waals surface area contributed by atoms with E-state index in [1.165, 1.54) is 49.6 Å². The highest BCUT2D eigenvalue weighted by atomic mass is 35.5. The van der Waals surface area contributed by atoms with Crippen LogP contribution in [0, 0.1) is 23.7 Å². The number of imide groups is 2. The van der Waals surface area contributed by atoms with Crippen molar-refractivity contribution >= 4 is 70.1 Å². The Bertz CT molecular complexity index is 2560. The lowest BCUT2D eigenvalue weighted by molar-refractivity contribution is -0.142. The number of hydrazine groups is 2. The summed E-state index contributed by atoms with van der Waals surface area (Å²) in [5, 5.41) is 13.3. The second-order valence-electron chi connectivity index (χ2n) is 14.8. The van der Waals surface area contributed by atoms with Gasteiger partial charge in [-0.15, -0.1) is 0 Å². The lowest BCUT2D eigenvalue weighted by Crippen LogP contribution is -2.53. The average Bonchev–Trinajstić information content (AvgIpc) is 3.58. The third kappa shape index (κ3) is 6.52. The van der Waals surface area contributed by atoms with E-state index in [4.69, 9.17) is 39.5 Å². The van der Waals surface area contributed by atoms with Gasteiger partial charge in [0.25, 0.3) is 23.6 Å². The number of alkyl halides is 6. The van der Waals surface area contributed by atoms with Gasteiger partial charge in [0.15, 0.2) is 23.1 Å². The number of fused-ring (bicyclic) bond motifs is 4. The molecule has 12 nitrogen and oxygen atoms in total. The summed E-state index contributed by atoms with van der Waals surface area (Å²) in [6.45, 7) is 0. The predicted molar refractivity (Wildman–Crippen MR) is 206 cm³/mol. The molecule has 2 N–H and O–H groups in total. The number of carbonyl (C=O) groups excluding carboxylic acids is 4. The number of rotatable bonds is 7. The smallest absolute Gasteiger partial charge is 0.433 e. The van der Waals surface area contributed by atoms with E-state index in [1.54, 1.807) is 6.08 Å². The summed E-state index contributed by atoms with van der Waals surface area (Å²) in [6, 6.07) is 12.6. The van der Waals surface area contributed by atoms with Gasteiger partial charge in [-0.3, -0.25) is 29.6 Å². The number of phenols is 1. The van der Waals surface area contributed by atoms with Gasteiger partial charge in [-0.1, -0.05) is 70.7 Å². The number of carbonyl (C=O) groups is 4. The summed E-state index contributed by atoms with van der Waals surface area (Å²) in [7, 11) is 2.45. The molecule has 2 saturated heterocycles. The second kappa shape index (κ2) is 14.8. The van der Waals surface area contributed by atoms with Crippen molar-refractivity contribution in [2.45, 2.75) is 36.5 Å². The minimum atomic E-state index is -4.90. The van der Waals surface area contributed by atoms with Crippen molar-refractivity contribution in [3.63, 3.8) is 0 Å². The molecule has 3 fully saturated rings. The van der Waals surface area contributed by atoms with Crippen LogP contribution in [0.3, 0.4) is 0 Å². The lowest BCUT2D eigenvalue weighted by atomic mass is 9.49. The molecule has 1 saturated carbocycles. The van der Waals surface area contributed by atoms with Crippen LogP contribution in [0.4, 0.5) is 38.0 Å². The van der Waals surface area contributed by atoms with Crippen molar-refractivity contribution in [3.05, 3.63) is 116 Å². The maximum atomic E-state index is 15.4. The summed E-state index contributed by atoms with van der Waals surface area (Å²) >= 11 is 18.8. The number of pyridine rings is 2. The van der Waals surface area contributed by atoms with Gasteiger partial charge in [0.1, 0.15) is 5.69 Å². The van der Waals surface area contributed by atoms with E-state index >= 15 is 4.79 Å². The first-order chi connectivity index (χ1) is 28.7. The van der Waals surface area contributed by atoms with Gasteiger partial charge in [-0.2, -0.15) is 36.4 Å². The Kier molecular flexibility index (Phi) is 10.2. The van der Waals surface area contributed by atoms with Gasteiger partial charge in [-0.25, -0.2) is 9.97 Å². The molecule has 0 spiro atoms. The first-order valence-corrected chi connectivity index (χ1v) is 19.4. The first-order valence-electron chi connectivity index (χ1n) is 18.3. The standard InChI is InChI=1S/C40H29Cl3F6N6O6/c1-53(33-25(42)12-13-28(51-33)40(47,48)49)55-34(57)21-11-10-20-23(29(21)36(55)59)15-24-35(58)54(52-32-26(43)14-18(16-50-32)39(44,45)46)37(60)38(24,17-6-8-19(41)9-7-17)30(20)22-4-3-5-27(61-2)31(22)56/h3-10,12-14,16,21,23-24,29-30,56H,11,15H2,1-2H3,(H,50,52). The van der Waals surface area contributed by atoms with E-state index < -0.39 is 105 Å². The summed E-state index contributed by atoms with van der Waals surface area (Å²) in [5.74, 6) is -11.1. The number of aromatic nitrogens is 2. The highest BCUT2D eigenvalue weighted by molar-refractivity contribution is 6.33. The largest absolute Gasteiger partial charge is 0.504 e. The number of halogens is 9. The van der Waals surface area contributed by atoms with Crippen LogP contribution in [0.25, 0.3) is 0 Å². The summed E-state index contributed by atoms with van der Waals surface area (Å²) in [5.41, 5.74) is -1.33. The molecule has 4 aliphatic rings. The molecule has 2 aromatic heterocycles. The van der Waals surface area contributed by atoms with E-state index in [-0.39, 0.29) is 39.8 Å². The number of phenolic OH excluding ortho intramolecular Hbond substituents is 1. The Labute approximate surface area is 356 Å². The fraction of sp³-hybridized carbons (Fsp3) is 0.300. The van der Waals surface area contributed by atoms with Crippen LogP contribution in [0.2, 0.25) is 15.1 Å². The number of ether oxygens (including phenoxy) is 1. The number of allylic oxidation sites excluding steroid dienone is 2. The molecule has 2 aliphatic carbocycles. The molecule has 2 aliphatic heterocycles. The van der Waals surface area contributed by atoms with Gasteiger partial charge in [0.2, 0.25) is 0 Å². The molecule has 0 bridgehead atoms. The van der Waals surface area contributed by atoms with Crippen LogP contribution in [0.15, 0.2) is 78.5 Å². The Morgan fingerprint density at radius 3 is 2.25 bits per heavy atom. The van der Waals surface area contributed by atoms with Crippen molar-refractivity contribution < 1.29 is 55.4 Å². The molecule has 8 rings (SSSR count). The summed E-state index contributed by atoms with van der Waals surface area (Å²) in [6.07, 6.45) is -8.01. The zero-order chi connectivity index (χ0) is 44.1. The van der Waals surface area contributed by atoms with Gasteiger partial charge < -0.3 is 9.84 Å². The van der Waals surface area contributed by atoms with Crippen LogP contribution in [-0.2, 0) is 36.9 Å².